The maximum Gasteiger partial charge on any atom is 0.0233 e. The molecule has 1 aromatic rings. The van der Waals surface area contributed by atoms with Crippen LogP contribution in [0.25, 0.3) is 0 Å². The third-order valence-electron chi connectivity index (χ3n) is 3.19. The van der Waals surface area contributed by atoms with Gasteiger partial charge >= 0.3 is 0 Å². The Morgan fingerprint density at radius 2 is 2.13 bits per heavy atom. The molecule has 0 radical (unpaired) electrons. The zero-order chi connectivity index (χ0) is 11.1. The molecular weight excluding hydrogens is 250 g/mol. The van der Waals surface area contributed by atoms with Gasteiger partial charge in [-0.3, -0.25) is 0 Å². The lowest BCUT2D eigenvalue weighted by Gasteiger charge is -2.14. The highest BCUT2D eigenvalue weighted by Crippen LogP contribution is 2.54. The Labute approximate surface area is 100 Å². The fraction of sp³-hybridized carbons (Fsp3) is 0.538. The molecule has 0 bridgehead atoms. The van der Waals surface area contributed by atoms with Crippen molar-refractivity contribution in [3.63, 3.8) is 0 Å². The first kappa shape index (κ1) is 11.2. The molecule has 0 amide bonds. The molecular formula is C13H18BrN. The lowest BCUT2D eigenvalue weighted by molar-refractivity contribution is 0.474. The predicted molar refractivity (Wildman–Crippen MR) is 67.9 cm³/mol. The van der Waals surface area contributed by atoms with E-state index in [2.05, 4.69) is 54.0 Å². The van der Waals surface area contributed by atoms with Crippen molar-refractivity contribution >= 4 is 15.9 Å². The molecule has 2 rings (SSSR count). The summed E-state index contributed by atoms with van der Waals surface area (Å²) in [5.41, 5.74) is 7.80. The Morgan fingerprint density at radius 1 is 1.47 bits per heavy atom. The third kappa shape index (κ3) is 2.26. The molecule has 0 aromatic heterocycles. The largest absolute Gasteiger partial charge is 0.325 e. The van der Waals surface area contributed by atoms with Gasteiger partial charge in [-0.05, 0) is 30.4 Å². The minimum absolute atomic E-state index is 0.0536. The summed E-state index contributed by atoms with van der Waals surface area (Å²) in [5.74, 6) is 1.23. The molecule has 0 spiro atoms. The topological polar surface area (TPSA) is 26.0 Å². The molecule has 2 heteroatoms. The van der Waals surface area contributed by atoms with E-state index in [0.29, 0.717) is 11.8 Å². The molecule has 15 heavy (non-hydrogen) atoms. The monoisotopic (exact) mass is 267 g/mol. The van der Waals surface area contributed by atoms with E-state index < -0.39 is 0 Å². The van der Waals surface area contributed by atoms with Gasteiger partial charge in [0.25, 0.3) is 0 Å². The predicted octanol–water partition coefficient (Wildman–Crippen LogP) is 3.68. The Hall–Kier alpha value is -0.340. The van der Waals surface area contributed by atoms with E-state index in [-0.39, 0.29) is 5.54 Å². The first-order chi connectivity index (χ1) is 7.03. The van der Waals surface area contributed by atoms with Gasteiger partial charge in [-0.15, -0.1) is 0 Å². The van der Waals surface area contributed by atoms with Gasteiger partial charge in [0.05, 0.1) is 0 Å². The van der Waals surface area contributed by atoms with Gasteiger partial charge in [0.1, 0.15) is 0 Å². The number of nitrogens with two attached hydrogens (primary N) is 1. The van der Waals surface area contributed by atoms with Crippen LogP contribution in [0.2, 0.25) is 0 Å². The molecule has 1 nitrogen and oxygen atoms in total. The Kier molecular flexibility index (Phi) is 2.91. The van der Waals surface area contributed by atoms with E-state index in [1.165, 1.54) is 10.0 Å². The number of rotatable bonds is 3. The first-order valence-corrected chi connectivity index (χ1v) is 6.35. The Balaban J connectivity index is 2.13. The molecule has 0 heterocycles. The SMILES string of the molecule is CC(C)CC1(N)CC1c1ccccc1Br. The van der Waals surface area contributed by atoms with Crippen LogP contribution in [0.1, 0.15) is 38.2 Å². The number of hydrogen-bond donors (Lipinski definition) is 1. The van der Waals surface area contributed by atoms with Crippen LogP contribution in [-0.2, 0) is 0 Å². The summed E-state index contributed by atoms with van der Waals surface area (Å²) in [5, 5.41) is 0. The number of benzene rings is 1. The molecule has 82 valence electrons. The summed E-state index contributed by atoms with van der Waals surface area (Å²) in [4.78, 5) is 0. The average molecular weight is 268 g/mol. The maximum absolute atomic E-state index is 6.37. The summed E-state index contributed by atoms with van der Waals surface area (Å²) in [6, 6.07) is 8.43. The quantitative estimate of drug-likeness (QED) is 0.889. The lowest BCUT2D eigenvalue weighted by atomic mass is 9.98. The van der Waals surface area contributed by atoms with Crippen molar-refractivity contribution < 1.29 is 0 Å². The highest BCUT2D eigenvalue weighted by molar-refractivity contribution is 9.10. The van der Waals surface area contributed by atoms with Crippen LogP contribution in [0.4, 0.5) is 0 Å². The van der Waals surface area contributed by atoms with Gasteiger partial charge in [-0.1, -0.05) is 48.0 Å². The van der Waals surface area contributed by atoms with Gasteiger partial charge in [0, 0.05) is 15.9 Å². The molecule has 2 unspecified atom stereocenters. The molecule has 1 aromatic carbocycles. The average Bonchev–Trinajstić information content (AvgIpc) is 2.76. The summed E-state index contributed by atoms with van der Waals surface area (Å²) in [6.07, 6.45) is 2.26. The van der Waals surface area contributed by atoms with Crippen molar-refractivity contribution in [2.45, 2.75) is 38.1 Å². The molecule has 2 N–H and O–H groups in total. The first-order valence-electron chi connectivity index (χ1n) is 5.56. The van der Waals surface area contributed by atoms with Crippen LogP contribution in [-0.4, -0.2) is 5.54 Å². The van der Waals surface area contributed by atoms with Crippen LogP contribution >= 0.6 is 15.9 Å². The fourth-order valence-electron chi connectivity index (χ4n) is 2.48. The third-order valence-corrected chi connectivity index (χ3v) is 3.91. The van der Waals surface area contributed by atoms with Crippen LogP contribution in [0, 0.1) is 5.92 Å². The van der Waals surface area contributed by atoms with Gasteiger partial charge in [0.15, 0.2) is 0 Å². The van der Waals surface area contributed by atoms with Crippen molar-refractivity contribution in [2.24, 2.45) is 11.7 Å². The second kappa shape index (κ2) is 3.91. The van der Waals surface area contributed by atoms with E-state index in [9.17, 15) is 0 Å². The zero-order valence-electron chi connectivity index (χ0n) is 9.33. The Bertz CT molecular complexity index is 361. The van der Waals surface area contributed by atoms with Crippen LogP contribution in [0.15, 0.2) is 28.7 Å². The Morgan fingerprint density at radius 3 is 2.73 bits per heavy atom. The molecule has 0 saturated heterocycles. The smallest absolute Gasteiger partial charge is 0.0233 e. The standard InChI is InChI=1S/C13H18BrN/c1-9(2)7-13(15)8-11(13)10-5-3-4-6-12(10)14/h3-6,9,11H,7-8,15H2,1-2H3. The molecule has 2 atom stereocenters. The number of hydrogen-bond acceptors (Lipinski definition) is 1. The van der Waals surface area contributed by atoms with Crippen molar-refractivity contribution in [3.05, 3.63) is 34.3 Å². The van der Waals surface area contributed by atoms with Crippen LogP contribution in [0.5, 0.6) is 0 Å². The van der Waals surface area contributed by atoms with Gasteiger partial charge < -0.3 is 5.73 Å². The normalized spacial score (nSPS) is 29.5. The molecule has 0 aliphatic heterocycles. The summed E-state index contributed by atoms with van der Waals surface area (Å²) in [6.45, 7) is 4.48. The van der Waals surface area contributed by atoms with Crippen molar-refractivity contribution in [1.82, 2.24) is 0 Å². The fourth-order valence-corrected chi connectivity index (χ4v) is 3.05. The van der Waals surface area contributed by atoms with Crippen molar-refractivity contribution in [2.75, 3.05) is 0 Å². The summed E-state index contributed by atoms with van der Waals surface area (Å²) < 4.78 is 1.20. The summed E-state index contributed by atoms with van der Waals surface area (Å²) >= 11 is 3.60. The highest BCUT2D eigenvalue weighted by atomic mass is 79.9. The van der Waals surface area contributed by atoms with Crippen molar-refractivity contribution in [1.29, 1.82) is 0 Å². The van der Waals surface area contributed by atoms with Gasteiger partial charge in [0.2, 0.25) is 0 Å². The molecule has 1 aliphatic carbocycles. The second-order valence-corrected chi connectivity index (χ2v) is 5.96. The van der Waals surface area contributed by atoms with E-state index in [1.807, 2.05) is 0 Å². The van der Waals surface area contributed by atoms with E-state index in [0.717, 1.165) is 12.8 Å². The van der Waals surface area contributed by atoms with Gasteiger partial charge in [-0.2, -0.15) is 0 Å². The minimum Gasteiger partial charge on any atom is -0.325 e. The highest BCUT2D eigenvalue weighted by Gasteiger charge is 2.51. The van der Waals surface area contributed by atoms with Crippen LogP contribution in [0.3, 0.4) is 0 Å². The zero-order valence-corrected chi connectivity index (χ0v) is 10.9. The lowest BCUT2D eigenvalue weighted by Crippen LogP contribution is -2.26. The molecule has 1 saturated carbocycles. The van der Waals surface area contributed by atoms with E-state index >= 15 is 0 Å². The maximum atomic E-state index is 6.37. The molecule has 1 fully saturated rings. The van der Waals surface area contributed by atoms with Gasteiger partial charge in [-0.25, -0.2) is 0 Å². The van der Waals surface area contributed by atoms with Crippen LogP contribution < -0.4 is 5.73 Å². The van der Waals surface area contributed by atoms with E-state index in [4.69, 9.17) is 5.73 Å². The minimum atomic E-state index is 0.0536. The summed E-state index contributed by atoms with van der Waals surface area (Å²) in [7, 11) is 0. The van der Waals surface area contributed by atoms with E-state index in [1.54, 1.807) is 0 Å². The second-order valence-electron chi connectivity index (χ2n) is 5.11. The van der Waals surface area contributed by atoms with Crippen molar-refractivity contribution in [3.8, 4) is 0 Å². The number of halogens is 1. The molecule has 1 aliphatic rings.